The summed E-state index contributed by atoms with van der Waals surface area (Å²) in [5.41, 5.74) is 2.04. The summed E-state index contributed by atoms with van der Waals surface area (Å²) >= 11 is 0. The second-order valence-electron chi connectivity index (χ2n) is 10.1. The van der Waals surface area contributed by atoms with E-state index in [0.29, 0.717) is 23.5 Å². The summed E-state index contributed by atoms with van der Waals surface area (Å²) in [5, 5.41) is 8.73. The molecule has 0 bridgehead atoms. The van der Waals surface area contributed by atoms with E-state index in [0.717, 1.165) is 22.2 Å². The molecule has 2 fully saturated rings. The molecule has 11 heteroatoms. The topological polar surface area (TPSA) is 143 Å². The lowest BCUT2D eigenvalue weighted by atomic mass is 9.93. The molecule has 2 aromatic heterocycles. The summed E-state index contributed by atoms with van der Waals surface area (Å²) < 4.78 is 6.00. The van der Waals surface area contributed by atoms with Crippen LogP contribution in [0.15, 0.2) is 79.1 Å². The summed E-state index contributed by atoms with van der Waals surface area (Å²) in [5.74, 6) is -0.811. The van der Waals surface area contributed by atoms with Crippen LogP contribution in [0, 0.1) is 6.92 Å². The van der Waals surface area contributed by atoms with Crippen LogP contribution < -0.4 is 20.7 Å². The molecule has 3 N–H and O–H groups in total. The van der Waals surface area contributed by atoms with E-state index in [2.05, 4.69) is 25.9 Å². The van der Waals surface area contributed by atoms with Gasteiger partial charge in [0.2, 0.25) is 0 Å². The minimum atomic E-state index is -1.48. The smallest absolute Gasteiger partial charge is 0.322 e. The van der Waals surface area contributed by atoms with E-state index in [9.17, 15) is 19.2 Å². The fourth-order valence-corrected chi connectivity index (χ4v) is 5.33. The first-order valence-corrected chi connectivity index (χ1v) is 13.0. The third-order valence-corrected chi connectivity index (χ3v) is 7.37. The number of carbonyl (C=O) groups excluding carboxylic acids is 4. The summed E-state index contributed by atoms with van der Waals surface area (Å²) in [4.78, 5) is 61.2. The van der Waals surface area contributed by atoms with Crippen molar-refractivity contribution in [2.75, 3.05) is 13.1 Å². The Labute approximate surface area is 234 Å². The van der Waals surface area contributed by atoms with Crippen LogP contribution in [0.3, 0.4) is 0 Å². The van der Waals surface area contributed by atoms with Crippen LogP contribution in [0.25, 0.3) is 10.9 Å². The first kappa shape index (κ1) is 25.9. The number of para-hydroxylation sites is 1. The van der Waals surface area contributed by atoms with Gasteiger partial charge in [-0.05, 0) is 55.5 Å². The van der Waals surface area contributed by atoms with E-state index in [-0.39, 0.29) is 19.0 Å². The van der Waals surface area contributed by atoms with E-state index in [4.69, 9.17) is 4.74 Å². The molecule has 2 aliphatic rings. The van der Waals surface area contributed by atoms with E-state index in [1.165, 1.54) is 17.3 Å². The monoisotopic (exact) mass is 550 g/mol. The quantitative estimate of drug-likeness (QED) is 0.313. The van der Waals surface area contributed by atoms with Crippen LogP contribution in [0.2, 0.25) is 0 Å². The number of amides is 5. The van der Waals surface area contributed by atoms with Gasteiger partial charge in [-0.2, -0.15) is 0 Å². The molecule has 0 saturated carbocycles. The number of nitrogens with zero attached hydrogens (tertiary/aromatic N) is 3. The van der Waals surface area contributed by atoms with Crippen LogP contribution in [-0.4, -0.2) is 63.3 Å². The van der Waals surface area contributed by atoms with Crippen molar-refractivity contribution in [2.45, 2.75) is 25.1 Å². The third-order valence-electron chi connectivity index (χ3n) is 7.37. The van der Waals surface area contributed by atoms with Gasteiger partial charge in [-0.3, -0.25) is 29.7 Å². The average molecular weight is 551 g/mol. The Morgan fingerprint density at radius 2 is 1.80 bits per heavy atom. The maximum atomic E-state index is 13.2. The molecule has 4 aromatic rings. The molecule has 0 radical (unpaired) electrons. The molecule has 5 amide bonds. The minimum Gasteiger partial charge on any atom is -0.489 e. The summed E-state index contributed by atoms with van der Waals surface area (Å²) in [6.45, 7) is 2.20. The lowest BCUT2D eigenvalue weighted by molar-refractivity contribution is -0.124. The Morgan fingerprint density at radius 3 is 2.54 bits per heavy atom. The minimum absolute atomic E-state index is 0.0289. The van der Waals surface area contributed by atoms with Crippen molar-refractivity contribution in [3.8, 4) is 5.75 Å². The molecular weight excluding hydrogens is 524 g/mol. The highest BCUT2D eigenvalue weighted by molar-refractivity contribution is 6.09. The molecule has 41 heavy (non-hydrogen) atoms. The van der Waals surface area contributed by atoms with Crippen molar-refractivity contribution >= 4 is 34.7 Å². The Bertz CT molecular complexity index is 1680. The van der Waals surface area contributed by atoms with E-state index in [1.54, 1.807) is 36.4 Å². The summed E-state index contributed by atoms with van der Waals surface area (Å²) in [6.07, 6.45) is 2.99. The summed E-state index contributed by atoms with van der Waals surface area (Å²) in [7, 11) is 0. The van der Waals surface area contributed by atoms with Crippen molar-refractivity contribution in [1.29, 1.82) is 0 Å². The van der Waals surface area contributed by atoms with E-state index in [1.807, 2.05) is 37.3 Å². The van der Waals surface area contributed by atoms with Gasteiger partial charge in [0.15, 0.2) is 5.54 Å². The second kappa shape index (κ2) is 10.3. The maximum absolute atomic E-state index is 13.2. The number of imide groups is 1. The zero-order chi connectivity index (χ0) is 28.6. The molecule has 0 aliphatic carbocycles. The predicted octanol–water partition coefficient (Wildman–Crippen LogP) is 2.35. The highest BCUT2D eigenvalue weighted by Gasteiger charge is 2.58. The zero-order valence-corrected chi connectivity index (χ0v) is 22.1. The number of benzene rings is 2. The van der Waals surface area contributed by atoms with Gasteiger partial charge in [-0.25, -0.2) is 4.79 Å². The second-order valence-corrected chi connectivity index (χ2v) is 10.1. The number of ether oxygens (including phenoxy) is 1. The zero-order valence-electron chi connectivity index (χ0n) is 22.1. The molecular formula is C30H26N6O5. The number of hydrogen-bond donors (Lipinski definition) is 3. The van der Waals surface area contributed by atoms with Crippen molar-refractivity contribution in [1.82, 2.24) is 30.8 Å². The Hall–Kier alpha value is -5.32. The van der Waals surface area contributed by atoms with Gasteiger partial charge < -0.3 is 20.3 Å². The fourth-order valence-electron chi connectivity index (χ4n) is 5.33. The van der Waals surface area contributed by atoms with Crippen molar-refractivity contribution in [3.63, 3.8) is 0 Å². The Kier molecular flexibility index (Phi) is 6.54. The number of aromatic nitrogens is 2. The number of carbonyl (C=O) groups is 4. The molecule has 11 nitrogen and oxygen atoms in total. The van der Waals surface area contributed by atoms with Crippen LogP contribution in [0.1, 0.15) is 32.0 Å². The van der Waals surface area contributed by atoms with Crippen LogP contribution in [0.4, 0.5) is 4.79 Å². The van der Waals surface area contributed by atoms with Gasteiger partial charge in [0.05, 0.1) is 18.1 Å². The first-order chi connectivity index (χ1) is 19.8. The Morgan fingerprint density at radius 1 is 1.05 bits per heavy atom. The SMILES string of the molecule is Cc1cc(COc2ccc(C(=O)NC3CN(C(=O)c4ccncc4)CC34NC(=O)NC4=O)cc2)c2ccccc2n1. The normalized spacial score (nSPS) is 19.7. The molecule has 2 aliphatic heterocycles. The first-order valence-electron chi connectivity index (χ1n) is 13.0. The van der Waals surface area contributed by atoms with Crippen LogP contribution >= 0.6 is 0 Å². The molecule has 2 atom stereocenters. The number of urea groups is 1. The molecule has 2 saturated heterocycles. The number of likely N-dealkylation sites (tertiary alicyclic amines) is 1. The number of nitrogens with one attached hydrogen (secondary N) is 3. The third kappa shape index (κ3) is 4.93. The number of fused-ring (bicyclic) bond motifs is 1. The van der Waals surface area contributed by atoms with Crippen LogP contribution in [0.5, 0.6) is 5.75 Å². The highest BCUT2D eigenvalue weighted by atomic mass is 16.5. The average Bonchev–Trinajstić information content (AvgIpc) is 3.49. The van der Waals surface area contributed by atoms with Gasteiger partial charge in [0.25, 0.3) is 17.7 Å². The van der Waals surface area contributed by atoms with E-state index >= 15 is 0 Å². The van der Waals surface area contributed by atoms with Gasteiger partial charge >= 0.3 is 6.03 Å². The van der Waals surface area contributed by atoms with Crippen LogP contribution in [-0.2, 0) is 11.4 Å². The molecule has 4 heterocycles. The molecule has 1 spiro atoms. The van der Waals surface area contributed by atoms with Gasteiger partial charge in [0.1, 0.15) is 12.4 Å². The van der Waals surface area contributed by atoms with Crippen molar-refractivity contribution < 1.29 is 23.9 Å². The van der Waals surface area contributed by atoms with Gasteiger partial charge in [-0.1, -0.05) is 18.2 Å². The lowest BCUT2D eigenvalue weighted by Gasteiger charge is -2.27. The van der Waals surface area contributed by atoms with Crippen molar-refractivity contribution in [2.24, 2.45) is 0 Å². The number of pyridine rings is 2. The molecule has 206 valence electrons. The highest BCUT2D eigenvalue weighted by Crippen LogP contribution is 2.27. The Balaban J connectivity index is 1.16. The fraction of sp³-hybridized carbons (Fsp3) is 0.200. The van der Waals surface area contributed by atoms with Gasteiger partial charge in [0, 0.05) is 46.7 Å². The largest absolute Gasteiger partial charge is 0.489 e. The lowest BCUT2D eigenvalue weighted by Crippen LogP contribution is -2.62. The molecule has 2 unspecified atom stereocenters. The number of aryl methyl sites for hydroxylation is 1. The standard InChI is InChI=1S/C30H26N6O5/c1-18-14-21(23-4-2-3-5-24(23)32-18)16-41-22-8-6-19(7-9-22)26(37)33-25-15-36(27(38)20-10-12-31-13-11-20)17-30(25)28(39)34-29(40)35-30/h2-14,25H,15-17H2,1H3,(H,33,37)(H2,34,35,39,40). The maximum Gasteiger partial charge on any atom is 0.322 e. The molecule has 2 aromatic carbocycles. The summed E-state index contributed by atoms with van der Waals surface area (Å²) in [6, 6.07) is 18.1. The molecule has 6 rings (SSSR count). The predicted molar refractivity (Wildman–Crippen MR) is 148 cm³/mol. The number of hydrogen-bond acceptors (Lipinski definition) is 7. The van der Waals surface area contributed by atoms with Crippen molar-refractivity contribution in [3.05, 3.63) is 102 Å². The van der Waals surface area contributed by atoms with E-state index < -0.39 is 29.4 Å². The number of rotatable bonds is 6. The van der Waals surface area contributed by atoms with Gasteiger partial charge in [-0.15, -0.1) is 0 Å².